The second-order valence-corrected chi connectivity index (χ2v) is 7.46. The van der Waals surface area contributed by atoms with Crippen molar-refractivity contribution < 1.29 is 20.1 Å². The van der Waals surface area contributed by atoms with Crippen molar-refractivity contribution in [1.82, 2.24) is 0 Å². The third kappa shape index (κ3) is 8.68. The predicted octanol–water partition coefficient (Wildman–Crippen LogP) is 4.32. The topological polar surface area (TPSA) is 77.8 Å². The van der Waals surface area contributed by atoms with Crippen LogP contribution in [0.15, 0.2) is 24.3 Å². The van der Waals surface area contributed by atoms with Crippen LogP contribution in [0.25, 0.3) is 0 Å². The molecule has 0 saturated heterocycles. The van der Waals surface area contributed by atoms with Crippen LogP contribution in [-0.2, 0) is 4.79 Å². The fraction of sp³-hybridized carbons (Fsp3) is 0.762. The van der Waals surface area contributed by atoms with E-state index < -0.39 is 18.2 Å². The maximum absolute atomic E-state index is 10.5. The first-order chi connectivity index (χ1) is 12.0. The fourth-order valence-corrected chi connectivity index (χ4v) is 3.58. The molecule has 3 N–H and O–H groups in total. The van der Waals surface area contributed by atoms with E-state index in [-0.39, 0.29) is 18.3 Å². The Bertz CT molecular complexity index is 430. The van der Waals surface area contributed by atoms with Gasteiger partial charge in [0.05, 0.1) is 12.2 Å². The van der Waals surface area contributed by atoms with E-state index in [9.17, 15) is 15.0 Å². The number of rotatable bonds is 12. The Balaban J connectivity index is 2.46. The predicted molar refractivity (Wildman–Crippen MR) is 101 cm³/mol. The summed E-state index contributed by atoms with van der Waals surface area (Å²) in [5.74, 6) is -0.207. The standard InChI is InChI=1S/C21H36O4/c1-3-4-7-10-16(2)13-14-18-17(19(22)15-20(18)23)11-8-5-6-9-12-21(24)25/h5,8,13-14,16-20,22-23H,3-4,6-7,9-12,15H2,1-2H3,(H,24,25)/b8-5-,14-13+/t16-,17+,18?,19-,20+/m0/s1. The third-order valence-corrected chi connectivity index (χ3v) is 5.18. The van der Waals surface area contributed by atoms with Gasteiger partial charge in [0.1, 0.15) is 0 Å². The summed E-state index contributed by atoms with van der Waals surface area (Å²) in [5.41, 5.74) is 0. The normalized spacial score (nSPS) is 28.2. The zero-order valence-electron chi connectivity index (χ0n) is 15.8. The molecule has 1 fully saturated rings. The van der Waals surface area contributed by atoms with Crippen LogP contribution in [0.2, 0.25) is 0 Å². The molecule has 144 valence electrons. The van der Waals surface area contributed by atoms with Crippen molar-refractivity contribution in [3.63, 3.8) is 0 Å². The molecule has 5 atom stereocenters. The minimum atomic E-state index is -0.763. The summed E-state index contributed by atoms with van der Waals surface area (Å²) >= 11 is 0. The first kappa shape index (κ1) is 21.9. The van der Waals surface area contributed by atoms with E-state index in [1.165, 1.54) is 25.7 Å². The zero-order chi connectivity index (χ0) is 18.7. The average Bonchev–Trinajstić information content (AvgIpc) is 2.82. The third-order valence-electron chi connectivity index (χ3n) is 5.18. The lowest BCUT2D eigenvalue weighted by Gasteiger charge is -2.19. The lowest BCUT2D eigenvalue weighted by molar-refractivity contribution is -0.137. The molecule has 0 aromatic heterocycles. The van der Waals surface area contributed by atoms with E-state index in [1.54, 1.807) is 0 Å². The summed E-state index contributed by atoms with van der Waals surface area (Å²) in [4.78, 5) is 10.5. The van der Waals surface area contributed by atoms with Crippen molar-refractivity contribution in [2.45, 2.75) is 83.8 Å². The van der Waals surface area contributed by atoms with Gasteiger partial charge in [0, 0.05) is 18.8 Å². The molecule has 1 saturated carbocycles. The van der Waals surface area contributed by atoms with Gasteiger partial charge < -0.3 is 15.3 Å². The fourth-order valence-electron chi connectivity index (χ4n) is 3.58. The van der Waals surface area contributed by atoms with Crippen molar-refractivity contribution in [2.75, 3.05) is 0 Å². The minimum absolute atomic E-state index is 0.00675. The monoisotopic (exact) mass is 352 g/mol. The lowest BCUT2D eigenvalue weighted by atomic mass is 9.88. The van der Waals surface area contributed by atoms with Gasteiger partial charge in [-0.3, -0.25) is 4.79 Å². The Kier molecular flexibility index (Phi) is 10.7. The Morgan fingerprint density at radius 2 is 1.92 bits per heavy atom. The largest absolute Gasteiger partial charge is 0.481 e. The van der Waals surface area contributed by atoms with Crippen LogP contribution < -0.4 is 0 Å². The number of aliphatic hydroxyl groups is 2. The summed E-state index contributed by atoms with van der Waals surface area (Å²) in [6.45, 7) is 4.41. The number of carboxylic acids is 1. The van der Waals surface area contributed by atoms with E-state index >= 15 is 0 Å². The Morgan fingerprint density at radius 3 is 2.60 bits per heavy atom. The number of carboxylic acid groups (broad SMARTS) is 1. The molecular weight excluding hydrogens is 316 g/mol. The lowest BCUT2D eigenvalue weighted by Crippen LogP contribution is -2.20. The number of carbonyl (C=O) groups is 1. The molecular formula is C21H36O4. The second-order valence-electron chi connectivity index (χ2n) is 7.46. The highest BCUT2D eigenvalue weighted by molar-refractivity contribution is 5.66. The molecule has 1 aliphatic rings. The first-order valence-electron chi connectivity index (χ1n) is 9.86. The molecule has 1 rings (SSSR count). The number of hydrogen-bond acceptors (Lipinski definition) is 3. The van der Waals surface area contributed by atoms with Crippen LogP contribution >= 0.6 is 0 Å². The van der Waals surface area contributed by atoms with Gasteiger partial charge >= 0.3 is 5.97 Å². The van der Waals surface area contributed by atoms with Crippen molar-refractivity contribution in [3.8, 4) is 0 Å². The van der Waals surface area contributed by atoms with Crippen LogP contribution in [0.3, 0.4) is 0 Å². The van der Waals surface area contributed by atoms with Crippen LogP contribution in [0.4, 0.5) is 0 Å². The van der Waals surface area contributed by atoms with Crippen molar-refractivity contribution in [2.24, 2.45) is 17.8 Å². The van der Waals surface area contributed by atoms with Gasteiger partial charge in [-0.2, -0.15) is 0 Å². The van der Waals surface area contributed by atoms with Crippen molar-refractivity contribution in [3.05, 3.63) is 24.3 Å². The quantitative estimate of drug-likeness (QED) is 0.361. The molecule has 0 bridgehead atoms. The van der Waals surface area contributed by atoms with Gasteiger partial charge in [-0.15, -0.1) is 0 Å². The van der Waals surface area contributed by atoms with Crippen LogP contribution in [0, 0.1) is 17.8 Å². The highest BCUT2D eigenvalue weighted by Gasteiger charge is 2.39. The molecule has 0 amide bonds. The number of aliphatic carboxylic acids is 1. The molecule has 1 unspecified atom stereocenters. The van der Waals surface area contributed by atoms with Crippen LogP contribution in [0.1, 0.15) is 71.6 Å². The van der Waals surface area contributed by atoms with E-state index in [2.05, 4.69) is 26.0 Å². The van der Waals surface area contributed by atoms with Gasteiger partial charge in [0.2, 0.25) is 0 Å². The van der Waals surface area contributed by atoms with Crippen LogP contribution in [-0.4, -0.2) is 33.5 Å². The molecule has 0 aromatic carbocycles. The Hall–Kier alpha value is -1.13. The highest BCUT2D eigenvalue weighted by Crippen LogP contribution is 2.36. The molecule has 0 heterocycles. The molecule has 4 nitrogen and oxygen atoms in total. The molecule has 25 heavy (non-hydrogen) atoms. The molecule has 0 radical (unpaired) electrons. The minimum Gasteiger partial charge on any atom is -0.481 e. The van der Waals surface area contributed by atoms with E-state index in [0.717, 1.165) is 12.8 Å². The molecule has 0 aliphatic heterocycles. The van der Waals surface area contributed by atoms with Gasteiger partial charge in [0.25, 0.3) is 0 Å². The van der Waals surface area contributed by atoms with Gasteiger partial charge in [-0.1, -0.05) is 57.4 Å². The average molecular weight is 353 g/mol. The second kappa shape index (κ2) is 12.3. The van der Waals surface area contributed by atoms with Crippen LogP contribution in [0.5, 0.6) is 0 Å². The summed E-state index contributed by atoms with van der Waals surface area (Å²) in [5, 5.41) is 29.1. The van der Waals surface area contributed by atoms with Gasteiger partial charge in [0.15, 0.2) is 0 Å². The Labute approximate surface area is 152 Å². The molecule has 0 aromatic rings. The Morgan fingerprint density at radius 1 is 1.16 bits per heavy atom. The molecule has 4 heteroatoms. The SMILES string of the molecule is CCCCC[C@H](C)/C=C/C1[C@H](O)C[C@H](O)[C@@H]1C/C=C\CCCC(=O)O. The number of unbranched alkanes of at least 4 members (excludes halogenated alkanes) is 3. The molecule has 1 aliphatic carbocycles. The van der Waals surface area contributed by atoms with E-state index in [0.29, 0.717) is 18.8 Å². The van der Waals surface area contributed by atoms with Crippen molar-refractivity contribution >= 4 is 5.97 Å². The highest BCUT2D eigenvalue weighted by atomic mass is 16.4. The zero-order valence-corrected chi connectivity index (χ0v) is 15.8. The van der Waals surface area contributed by atoms with Crippen molar-refractivity contribution in [1.29, 1.82) is 0 Å². The summed E-state index contributed by atoms with van der Waals surface area (Å²) in [7, 11) is 0. The number of aliphatic hydroxyl groups excluding tert-OH is 2. The van der Waals surface area contributed by atoms with Gasteiger partial charge in [-0.05, 0) is 37.5 Å². The summed E-state index contributed by atoms with van der Waals surface area (Å²) in [6.07, 6.45) is 15.0. The summed E-state index contributed by atoms with van der Waals surface area (Å²) in [6, 6.07) is 0. The van der Waals surface area contributed by atoms with Gasteiger partial charge in [-0.25, -0.2) is 0 Å². The number of hydrogen-bond donors (Lipinski definition) is 3. The maximum atomic E-state index is 10.5. The maximum Gasteiger partial charge on any atom is 0.303 e. The smallest absolute Gasteiger partial charge is 0.303 e. The number of allylic oxidation sites excluding steroid dienone is 3. The first-order valence-corrected chi connectivity index (χ1v) is 9.86. The summed E-state index contributed by atoms with van der Waals surface area (Å²) < 4.78 is 0. The molecule has 0 spiro atoms. The van der Waals surface area contributed by atoms with E-state index in [4.69, 9.17) is 5.11 Å². The van der Waals surface area contributed by atoms with E-state index in [1.807, 2.05) is 12.2 Å².